The SMILES string of the molecule is CCOc1ccc(NC(=O)[C@H](Cc2ccccc2)NS(=O)(=O)c2ccc(Cl)cc2)cc1. The molecule has 0 bridgehead atoms. The lowest BCUT2D eigenvalue weighted by Gasteiger charge is -2.19. The molecule has 3 rings (SSSR count). The van der Waals surface area contributed by atoms with Crippen molar-refractivity contribution in [2.24, 2.45) is 0 Å². The minimum atomic E-state index is -3.94. The lowest BCUT2D eigenvalue weighted by atomic mass is 10.1. The zero-order chi connectivity index (χ0) is 22.3. The highest BCUT2D eigenvalue weighted by Gasteiger charge is 2.26. The van der Waals surface area contributed by atoms with Crippen molar-refractivity contribution < 1.29 is 17.9 Å². The van der Waals surface area contributed by atoms with Crippen LogP contribution in [-0.4, -0.2) is 27.0 Å². The highest BCUT2D eigenvalue weighted by molar-refractivity contribution is 7.89. The van der Waals surface area contributed by atoms with E-state index in [0.29, 0.717) is 23.1 Å². The van der Waals surface area contributed by atoms with Gasteiger partial charge in [0.05, 0.1) is 11.5 Å². The molecule has 2 N–H and O–H groups in total. The molecular weight excluding hydrogens is 436 g/mol. The first-order chi connectivity index (χ1) is 14.9. The first kappa shape index (κ1) is 22.8. The molecule has 3 aromatic rings. The number of benzene rings is 3. The molecule has 0 heterocycles. The van der Waals surface area contributed by atoms with Crippen LogP contribution in [0.25, 0.3) is 0 Å². The summed E-state index contributed by atoms with van der Waals surface area (Å²) in [5.74, 6) is 0.218. The van der Waals surface area contributed by atoms with E-state index in [2.05, 4.69) is 10.0 Å². The molecule has 31 heavy (non-hydrogen) atoms. The van der Waals surface area contributed by atoms with Gasteiger partial charge in [-0.2, -0.15) is 4.72 Å². The van der Waals surface area contributed by atoms with Gasteiger partial charge in [-0.3, -0.25) is 4.79 Å². The smallest absolute Gasteiger partial charge is 0.242 e. The summed E-state index contributed by atoms with van der Waals surface area (Å²) in [5.41, 5.74) is 1.37. The van der Waals surface area contributed by atoms with Crippen LogP contribution in [0.4, 0.5) is 5.69 Å². The Hall–Kier alpha value is -2.87. The number of hydrogen-bond donors (Lipinski definition) is 2. The Kier molecular flexibility index (Phi) is 7.68. The van der Waals surface area contributed by atoms with Gasteiger partial charge in [0.1, 0.15) is 11.8 Å². The van der Waals surface area contributed by atoms with Gasteiger partial charge in [-0.25, -0.2) is 8.42 Å². The normalized spacial score (nSPS) is 12.2. The summed E-state index contributed by atoms with van der Waals surface area (Å²) in [6, 6.07) is 20.9. The summed E-state index contributed by atoms with van der Waals surface area (Å²) >= 11 is 5.86. The van der Waals surface area contributed by atoms with E-state index < -0.39 is 22.0 Å². The molecule has 0 spiro atoms. The van der Waals surface area contributed by atoms with Crippen LogP contribution in [0.1, 0.15) is 12.5 Å². The van der Waals surface area contributed by atoms with E-state index in [4.69, 9.17) is 16.3 Å². The maximum Gasteiger partial charge on any atom is 0.242 e. The predicted molar refractivity (Wildman–Crippen MR) is 122 cm³/mol. The average Bonchev–Trinajstić information content (AvgIpc) is 2.76. The first-order valence-electron chi connectivity index (χ1n) is 9.73. The number of ether oxygens (including phenoxy) is 1. The number of anilines is 1. The number of carbonyl (C=O) groups is 1. The summed E-state index contributed by atoms with van der Waals surface area (Å²) in [6.45, 7) is 2.42. The van der Waals surface area contributed by atoms with Crippen molar-refractivity contribution in [3.8, 4) is 5.75 Å². The van der Waals surface area contributed by atoms with Crippen LogP contribution in [-0.2, 0) is 21.2 Å². The number of halogens is 1. The minimum absolute atomic E-state index is 0.0313. The molecule has 8 heteroatoms. The van der Waals surface area contributed by atoms with Crippen molar-refractivity contribution >= 4 is 33.2 Å². The third-order valence-corrected chi connectivity index (χ3v) is 6.19. The van der Waals surface area contributed by atoms with Gasteiger partial charge < -0.3 is 10.1 Å². The van der Waals surface area contributed by atoms with Crippen LogP contribution < -0.4 is 14.8 Å². The summed E-state index contributed by atoms with van der Waals surface area (Å²) in [6.07, 6.45) is 0.191. The number of hydrogen-bond acceptors (Lipinski definition) is 4. The number of rotatable bonds is 9. The summed E-state index contributed by atoms with van der Waals surface area (Å²) < 4.78 is 33.7. The highest BCUT2D eigenvalue weighted by Crippen LogP contribution is 2.18. The number of carbonyl (C=O) groups excluding carboxylic acids is 1. The van der Waals surface area contributed by atoms with Crippen molar-refractivity contribution in [2.45, 2.75) is 24.3 Å². The standard InChI is InChI=1S/C23H23ClN2O4S/c1-2-30-20-12-10-19(11-13-20)25-23(27)22(16-17-6-4-3-5-7-17)26-31(28,29)21-14-8-18(24)9-15-21/h3-15,22,26H,2,16H2,1H3,(H,25,27)/t22-/m0/s1. The number of nitrogens with one attached hydrogen (secondary N) is 2. The van der Waals surface area contributed by atoms with E-state index in [-0.39, 0.29) is 11.3 Å². The van der Waals surface area contributed by atoms with E-state index >= 15 is 0 Å². The van der Waals surface area contributed by atoms with Crippen molar-refractivity contribution in [2.75, 3.05) is 11.9 Å². The van der Waals surface area contributed by atoms with Gasteiger partial charge in [0.15, 0.2) is 0 Å². The molecule has 0 fully saturated rings. The van der Waals surface area contributed by atoms with Crippen LogP contribution in [0.2, 0.25) is 5.02 Å². The van der Waals surface area contributed by atoms with E-state index in [0.717, 1.165) is 5.56 Å². The Bertz CT molecular complexity index is 1100. The maximum atomic E-state index is 13.0. The molecule has 1 atom stereocenters. The highest BCUT2D eigenvalue weighted by atomic mass is 35.5. The average molecular weight is 459 g/mol. The molecule has 0 aliphatic carbocycles. The molecule has 1 amide bonds. The van der Waals surface area contributed by atoms with Crippen molar-refractivity contribution in [1.29, 1.82) is 0 Å². The fourth-order valence-electron chi connectivity index (χ4n) is 2.94. The van der Waals surface area contributed by atoms with Crippen molar-refractivity contribution in [3.63, 3.8) is 0 Å². The lowest BCUT2D eigenvalue weighted by Crippen LogP contribution is -2.45. The Balaban J connectivity index is 1.81. The van der Waals surface area contributed by atoms with E-state index in [1.165, 1.54) is 24.3 Å². The molecule has 0 aliphatic rings. The van der Waals surface area contributed by atoms with Crippen LogP contribution in [0.3, 0.4) is 0 Å². The fourth-order valence-corrected chi connectivity index (χ4v) is 4.26. The zero-order valence-electron chi connectivity index (χ0n) is 16.9. The van der Waals surface area contributed by atoms with Gasteiger partial charge in [0.25, 0.3) is 0 Å². The molecule has 0 aromatic heterocycles. The topological polar surface area (TPSA) is 84.5 Å². The van der Waals surface area contributed by atoms with Crippen LogP contribution in [0.15, 0.2) is 83.8 Å². The Morgan fingerprint density at radius 3 is 2.23 bits per heavy atom. The second-order valence-electron chi connectivity index (χ2n) is 6.76. The van der Waals surface area contributed by atoms with Gasteiger partial charge in [-0.05, 0) is 67.4 Å². The summed E-state index contributed by atoms with van der Waals surface area (Å²) in [4.78, 5) is 13.0. The quantitative estimate of drug-likeness (QED) is 0.501. The summed E-state index contributed by atoms with van der Waals surface area (Å²) in [7, 11) is -3.94. The molecule has 0 radical (unpaired) electrons. The minimum Gasteiger partial charge on any atom is -0.494 e. The zero-order valence-corrected chi connectivity index (χ0v) is 18.5. The van der Waals surface area contributed by atoms with Gasteiger partial charge in [-0.1, -0.05) is 41.9 Å². The fraction of sp³-hybridized carbons (Fsp3) is 0.174. The number of amides is 1. The molecule has 6 nitrogen and oxygen atoms in total. The largest absolute Gasteiger partial charge is 0.494 e. The summed E-state index contributed by atoms with van der Waals surface area (Å²) in [5, 5.41) is 3.20. The van der Waals surface area contributed by atoms with E-state index in [1.807, 2.05) is 37.3 Å². The molecule has 0 saturated heterocycles. The molecule has 0 aliphatic heterocycles. The Morgan fingerprint density at radius 2 is 1.61 bits per heavy atom. The monoisotopic (exact) mass is 458 g/mol. The third-order valence-electron chi connectivity index (χ3n) is 4.45. The molecule has 162 valence electrons. The van der Waals surface area contributed by atoms with Crippen molar-refractivity contribution in [3.05, 3.63) is 89.4 Å². The van der Waals surface area contributed by atoms with Gasteiger partial charge in [0, 0.05) is 10.7 Å². The van der Waals surface area contributed by atoms with E-state index in [9.17, 15) is 13.2 Å². The molecule has 0 unspecified atom stereocenters. The molecule has 3 aromatic carbocycles. The van der Waals surface area contributed by atoms with Gasteiger partial charge >= 0.3 is 0 Å². The van der Waals surface area contributed by atoms with Gasteiger partial charge in [-0.15, -0.1) is 0 Å². The van der Waals surface area contributed by atoms with Crippen LogP contribution >= 0.6 is 11.6 Å². The molecular formula is C23H23ClN2O4S. The maximum absolute atomic E-state index is 13.0. The second kappa shape index (κ2) is 10.4. The van der Waals surface area contributed by atoms with Crippen molar-refractivity contribution in [1.82, 2.24) is 4.72 Å². The van der Waals surface area contributed by atoms with Gasteiger partial charge in [0.2, 0.25) is 15.9 Å². The van der Waals surface area contributed by atoms with E-state index in [1.54, 1.807) is 24.3 Å². The first-order valence-corrected chi connectivity index (χ1v) is 11.6. The second-order valence-corrected chi connectivity index (χ2v) is 8.91. The lowest BCUT2D eigenvalue weighted by molar-refractivity contribution is -0.117. The van der Waals surface area contributed by atoms with Crippen LogP contribution in [0, 0.1) is 0 Å². The third kappa shape index (κ3) is 6.55. The predicted octanol–water partition coefficient (Wildman–Crippen LogP) is 4.27. The Labute approximate surface area is 187 Å². The number of sulfonamides is 1. The Morgan fingerprint density at radius 1 is 0.968 bits per heavy atom. The molecule has 0 saturated carbocycles. The van der Waals surface area contributed by atoms with Crippen LogP contribution in [0.5, 0.6) is 5.75 Å².